The van der Waals surface area contributed by atoms with E-state index in [4.69, 9.17) is 9.47 Å². The molecule has 0 aliphatic rings. The van der Waals surface area contributed by atoms with E-state index in [1.165, 1.54) is 18.1 Å². The second kappa shape index (κ2) is 5.38. The monoisotopic (exact) mass is 316 g/mol. The zero-order valence-corrected chi connectivity index (χ0v) is 13.3. The number of hydrogen-bond donors (Lipinski definition) is 0. The Labute approximate surface area is 131 Å². The maximum Gasteiger partial charge on any atom is 0.343 e. The summed E-state index contributed by atoms with van der Waals surface area (Å²) in [5.74, 6) is -0.216. The standard InChI is InChI=1S/C15H16N4O4/c1-5-23-15(21)9-7-18(2)13-8(14(9)20)6-10(22-4)11-12(13)17-19(3)16-11/h6-7H,5H2,1-4H3. The lowest BCUT2D eigenvalue weighted by Gasteiger charge is -2.10. The number of aryl methyl sites for hydroxylation is 2. The van der Waals surface area contributed by atoms with E-state index in [1.807, 2.05) is 0 Å². The maximum atomic E-state index is 12.7. The molecule has 0 aliphatic carbocycles. The van der Waals surface area contributed by atoms with Gasteiger partial charge in [-0.15, -0.1) is 5.10 Å². The van der Waals surface area contributed by atoms with Crippen LogP contribution in [0.25, 0.3) is 21.9 Å². The summed E-state index contributed by atoms with van der Waals surface area (Å²) < 4.78 is 11.9. The molecule has 8 heteroatoms. The van der Waals surface area contributed by atoms with Gasteiger partial charge in [-0.3, -0.25) is 4.79 Å². The van der Waals surface area contributed by atoms with Crippen molar-refractivity contribution in [2.75, 3.05) is 13.7 Å². The van der Waals surface area contributed by atoms with Gasteiger partial charge in [-0.2, -0.15) is 9.90 Å². The molecule has 0 aliphatic heterocycles. The van der Waals surface area contributed by atoms with Gasteiger partial charge in [0.05, 0.1) is 24.6 Å². The Morgan fingerprint density at radius 3 is 2.61 bits per heavy atom. The van der Waals surface area contributed by atoms with E-state index in [-0.39, 0.29) is 12.2 Å². The summed E-state index contributed by atoms with van der Waals surface area (Å²) in [4.78, 5) is 26.1. The molecule has 0 saturated carbocycles. The van der Waals surface area contributed by atoms with Crippen LogP contribution in [0.2, 0.25) is 0 Å². The third kappa shape index (κ3) is 2.23. The first-order valence-electron chi connectivity index (χ1n) is 7.06. The number of hydrogen-bond acceptors (Lipinski definition) is 6. The zero-order chi connectivity index (χ0) is 16.7. The minimum atomic E-state index is -0.645. The number of rotatable bonds is 3. The van der Waals surface area contributed by atoms with Crippen LogP contribution in [-0.4, -0.2) is 39.2 Å². The summed E-state index contributed by atoms with van der Waals surface area (Å²) in [6.45, 7) is 1.89. The molecule has 0 atom stereocenters. The number of esters is 1. The fourth-order valence-corrected chi connectivity index (χ4v) is 2.63. The zero-order valence-electron chi connectivity index (χ0n) is 13.3. The lowest BCUT2D eigenvalue weighted by molar-refractivity contribution is 0.0524. The Hall–Kier alpha value is -2.90. The second-order valence-corrected chi connectivity index (χ2v) is 5.06. The highest BCUT2D eigenvalue weighted by molar-refractivity contribution is 6.06. The number of carbonyl (C=O) groups excluding carboxylic acids is 1. The fraction of sp³-hybridized carbons (Fsp3) is 0.333. The molecular weight excluding hydrogens is 300 g/mol. The van der Waals surface area contributed by atoms with Gasteiger partial charge in [-0.1, -0.05) is 0 Å². The molecule has 8 nitrogen and oxygen atoms in total. The summed E-state index contributed by atoms with van der Waals surface area (Å²) >= 11 is 0. The molecule has 1 aromatic carbocycles. The van der Waals surface area contributed by atoms with Crippen molar-refractivity contribution in [1.29, 1.82) is 0 Å². The van der Waals surface area contributed by atoms with Crippen LogP contribution in [-0.2, 0) is 18.8 Å². The van der Waals surface area contributed by atoms with E-state index in [1.54, 1.807) is 31.7 Å². The predicted molar refractivity (Wildman–Crippen MR) is 83.8 cm³/mol. The number of methoxy groups -OCH3 is 1. The third-order valence-corrected chi connectivity index (χ3v) is 3.58. The highest BCUT2D eigenvalue weighted by atomic mass is 16.5. The number of carbonyl (C=O) groups is 1. The molecule has 23 heavy (non-hydrogen) atoms. The van der Waals surface area contributed by atoms with Crippen molar-refractivity contribution in [1.82, 2.24) is 19.6 Å². The smallest absolute Gasteiger partial charge is 0.343 e. The van der Waals surface area contributed by atoms with Gasteiger partial charge in [0, 0.05) is 20.3 Å². The van der Waals surface area contributed by atoms with E-state index in [0.29, 0.717) is 27.7 Å². The molecule has 3 rings (SSSR count). The van der Waals surface area contributed by atoms with Crippen LogP contribution >= 0.6 is 0 Å². The molecule has 0 unspecified atom stereocenters. The maximum absolute atomic E-state index is 12.7. The summed E-state index contributed by atoms with van der Waals surface area (Å²) in [6, 6.07) is 1.58. The Kier molecular flexibility index (Phi) is 3.51. The van der Waals surface area contributed by atoms with Crippen molar-refractivity contribution in [2.24, 2.45) is 14.1 Å². The topological polar surface area (TPSA) is 88.2 Å². The third-order valence-electron chi connectivity index (χ3n) is 3.58. The second-order valence-electron chi connectivity index (χ2n) is 5.06. The normalized spacial score (nSPS) is 11.1. The molecule has 0 spiro atoms. The number of benzene rings is 1. The van der Waals surface area contributed by atoms with Crippen LogP contribution in [0.15, 0.2) is 17.1 Å². The Balaban J connectivity index is 2.45. The van der Waals surface area contributed by atoms with Crippen molar-refractivity contribution in [2.45, 2.75) is 6.92 Å². The first-order valence-corrected chi connectivity index (χ1v) is 7.06. The fourth-order valence-electron chi connectivity index (χ4n) is 2.63. The van der Waals surface area contributed by atoms with Crippen molar-refractivity contribution >= 4 is 27.9 Å². The van der Waals surface area contributed by atoms with E-state index >= 15 is 0 Å². The highest BCUT2D eigenvalue weighted by Gasteiger charge is 2.20. The van der Waals surface area contributed by atoms with Crippen LogP contribution in [0.1, 0.15) is 17.3 Å². The van der Waals surface area contributed by atoms with Crippen LogP contribution in [0.5, 0.6) is 5.75 Å². The molecule has 0 saturated heterocycles. The van der Waals surface area contributed by atoms with Crippen molar-refractivity contribution in [3.8, 4) is 5.75 Å². The SMILES string of the molecule is CCOC(=O)c1cn(C)c2c(cc(OC)c3nn(C)nc32)c1=O. The minimum Gasteiger partial charge on any atom is -0.494 e. The van der Waals surface area contributed by atoms with Gasteiger partial charge in [0.25, 0.3) is 0 Å². The van der Waals surface area contributed by atoms with Gasteiger partial charge >= 0.3 is 5.97 Å². The molecule has 0 amide bonds. The van der Waals surface area contributed by atoms with Crippen molar-refractivity contribution < 1.29 is 14.3 Å². The average Bonchev–Trinajstić information content (AvgIpc) is 2.90. The van der Waals surface area contributed by atoms with E-state index in [2.05, 4.69) is 10.2 Å². The van der Waals surface area contributed by atoms with Gasteiger partial charge in [0.2, 0.25) is 5.43 Å². The van der Waals surface area contributed by atoms with Crippen molar-refractivity contribution in [3.63, 3.8) is 0 Å². The largest absolute Gasteiger partial charge is 0.494 e. The molecule has 2 heterocycles. The number of ether oxygens (including phenoxy) is 2. The van der Waals surface area contributed by atoms with Crippen LogP contribution in [0, 0.1) is 0 Å². The minimum absolute atomic E-state index is 0.0212. The molecule has 3 aromatic rings. The summed E-state index contributed by atoms with van der Waals surface area (Å²) in [5.41, 5.74) is 1.25. The first kappa shape index (κ1) is 15.0. The van der Waals surface area contributed by atoms with Gasteiger partial charge in [0.1, 0.15) is 16.8 Å². The van der Waals surface area contributed by atoms with E-state index < -0.39 is 11.4 Å². The van der Waals surface area contributed by atoms with Gasteiger partial charge in [-0.05, 0) is 13.0 Å². The van der Waals surface area contributed by atoms with Crippen molar-refractivity contribution in [3.05, 3.63) is 28.0 Å². The average molecular weight is 316 g/mol. The van der Waals surface area contributed by atoms with E-state index in [0.717, 1.165) is 0 Å². The number of nitrogens with zero attached hydrogens (tertiary/aromatic N) is 4. The molecule has 2 aromatic heterocycles. The summed E-state index contributed by atoms with van der Waals surface area (Å²) in [5, 5.41) is 8.91. The quantitative estimate of drug-likeness (QED) is 0.670. The van der Waals surface area contributed by atoms with Crippen LogP contribution < -0.4 is 10.2 Å². The number of pyridine rings is 1. The molecule has 0 radical (unpaired) electrons. The molecule has 0 N–H and O–H groups in total. The lowest BCUT2D eigenvalue weighted by Crippen LogP contribution is -2.20. The Morgan fingerprint density at radius 1 is 1.26 bits per heavy atom. The van der Waals surface area contributed by atoms with Gasteiger partial charge < -0.3 is 14.0 Å². The Bertz CT molecular complexity index is 987. The molecule has 0 bridgehead atoms. The summed E-state index contributed by atoms with van der Waals surface area (Å²) in [7, 11) is 4.93. The van der Waals surface area contributed by atoms with E-state index in [9.17, 15) is 9.59 Å². The molecule has 0 fully saturated rings. The number of aromatic nitrogens is 4. The molecular formula is C15H16N4O4. The van der Waals surface area contributed by atoms with Gasteiger partial charge in [-0.25, -0.2) is 4.79 Å². The van der Waals surface area contributed by atoms with Crippen LogP contribution in [0.3, 0.4) is 0 Å². The van der Waals surface area contributed by atoms with Crippen LogP contribution in [0.4, 0.5) is 0 Å². The predicted octanol–water partition coefficient (Wildman–Crippen LogP) is 1.01. The lowest BCUT2D eigenvalue weighted by atomic mass is 10.1. The van der Waals surface area contributed by atoms with Gasteiger partial charge in [0.15, 0.2) is 5.52 Å². The highest BCUT2D eigenvalue weighted by Crippen LogP contribution is 2.29. The summed E-state index contributed by atoms with van der Waals surface area (Å²) in [6.07, 6.45) is 1.46. The molecule has 120 valence electrons. The number of fused-ring (bicyclic) bond motifs is 3. The Morgan fingerprint density at radius 2 is 1.96 bits per heavy atom. The first-order chi connectivity index (χ1) is 11.0.